The number of Topliss-reactive ketones (excluding diaryl/α,β-unsaturated/α-hetero) is 1. The second-order valence-corrected chi connectivity index (χ2v) is 6.64. The molecule has 0 aliphatic heterocycles. The van der Waals surface area contributed by atoms with Crippen LogP contribution in [0.5, 0.6) is 0 Å². The van der Waals surface area contributed by atoms with Gasteiger partial charge in [-0.1, -0.05) is 41.9 Å². The van der Waals surface area contributed by atoms with Crippen LogP contribution in [-0.4, -0.2) is 23.8 Å². The average molecular weight is 388 g/mol. The molecule has 0 bridgehead atoms. The fraction of sp³-hybridized carbons (Fsp3) is 0.286. The molecule has 0 heterocycles. The van der Waals surface area contributed by atoms with Crippen molar-refractivity contribution in [1.82, 2.24) is 5.32 Å². The van der Waals surface area contributed by atoms with Crippen molar-refractivity contribution in [3.05, 3.63) is 70.7 Å². The molecule has 2 unspecified atom stereocenters. The SMILES string of the molecule is CC(OC(=O)CCC(=O)c1ccc(Cl)cc1)C(=O)NC(C)c1ccccc1. The summed E-state index contributed by atoms with van der Waals surface area (Å²) in [6.45, 7) is 3.36. The van der Waals surface area contributed by atoms with Gasteiger partial charge in [-0.05, 0) is 43.7 Å². The van der Waals surface area contributed by atoms with Gasteiger partial charge in [0.05, 0.1) is 12.5 Å². The summed E-state index contributed by atoms with van der Waals surface area (Å²) in [5.74, 6) is -1.16. The molecule has 0 saturated heterocycles. The Morgan fingerprint density at radius 3 is 2.22 bits per heavy atom. The molecule has 6 heteroatoms. The predicted octanol–water partition coefficient (Wildman–Crippen LogP) is 4.11. The number of hydrogen-bond acceptors (Lipinski definition) is 4. The van der Waals surface area contributed by atoms with Crippen LogP contribution < -0.4 is 5.32 Å². The van der Waals surface area contributed by atoms with Crippen molar-refractivity contribution in [2.24, 2.45) is 0 Å². The maximum atomic E-state index is 12.2. The number of ether oxygens (including phenoxy) is 1. The van der Waals surface area contributed by atoms with Crippen molar-refractivity contribution >= 4 is 29.3 Å². The number of rotatable bonds is 8. The van der Waals surface area contributed by atoms with Crippen molar-refractivity contribution in [2.45, 2.75) is 38.8 Å². The molecule has 2 aromatic carbocycles. The van der Waals surface area contributed by atoms with E-state index in [1.165, 1.54) is 6.92 Å². The number of amides is 1. The molecule has 2 rings (SSSR count). The Kier molecular flexibility index (Phi) is 7.55. The van der Waals surface area contributed by atoms with Crippen LogP contribution in [0.2, 0.25) is 5.02 Å². The standard InChI is InChI=1S/C21H22ClNO4/c1-14(16-6-4-3-5-7-16)23-21(26)15(2)27-20(25)13-12-19(24)17-8-10-18(22)11-9-17/h3-11,14-15H,12-13H2,1-2H3,(H,23,26). The normalized spacial score (nSPS) is 12.7. The summed E-state index contributed by atoms with van der Waals surface area (Å²) in [6, 6.07) is 15.7. The molecule has 2 aromatic rings. The van der Waals surface area contributed by atoms with Gasteiger partial charge in [0.15, 0.2) is 11.9 Å². The van der Waals surface area contributed by atoms with E-state index >= 15 is 0 Å². The first-order valence-electron chi connectivity index (χ1n) is 8.70. The molecule has 0 fully saturated rings. The van der Waals surface area contributed by atoms with E-state index in [0.717, 1.165) is 5.56 Å². The first kappa shape index (κ1) is 20.6. The van der Waals surface area contributed by atoms with Gasteiger partial charge in [-0.15, -0.1) is 0 Å². The lowest BCUT2D eigenvalue weighted by atomic mass is 10.1. The molecule has 1 N–H and O–H groups in total. The minimum Gasteiger partial charge on any atom is -0.453 e. The minimum atomic E-state index is -0.936. The lowest BCUT2D eigenvalue weighted by Crippen LogP contribution is -2.37. The van der Waals surface area contributed by atoms with E-state index in [-0.39, 0.29) is 30.6 Å². The number of hydrogen-bond donors (Lipinski definition) is 1. The molecule has 0 aliphatic rings. The number of esters is 1. The largest absolute Gasteiger partial charge is 0.453 e. The van der Waals surface area contributed by atoms with Gasteiger partial charge >= 0.3 is 5.97 Å². The Labute approximate surface area is 163 Å². The molecule has 0 aliphatic carbocycles. The van der Waals surface area contributed by atoms with Gasteiger partial charge in [-0.3, -0.25) is 14.4 Å². The molecule has 1 amide bonds. The van der Waals surface area contributed by atoms with E-state index in [4.69, 9.17) is 16.3 Å². The summed E-state index contributed by atoms with van der Waals surface area (Å²) in [6.07, 6.45) is -1.02. The summed E-state index contributed by atoms with van der Waals surface area (Å²) in [7, 11) is 0. The van der Waals surface area contributed by atoms with Crippen LogP contribution in [0, 0.1) is 0 Å². The van der Waals surface area contributed by atoms with Gasteiger partial charge < -0.3 is 10.1 Å². The third-order valence-corrected chi connectivity index (χ3v) is 4.31. The fourth-order valence-corrected chi connectivity index (χ4v) is 2.59. The summed E-state index contributed by atoms with van der Waals surface area (Å²) in [5, 5.41) is 3.34. The summed E-state index contributed by atoms with van der Waals surface area (Å²) < 4.78 is 5.13. The average Bonchev–Trinajstić information content (AvgIpc) is 2.67. The summed E-state index contributed by atoms with van der Waals surface area (Å²) in [4.78, 5) is 36.2. The highest BCUT2D eigenvalue weighted by Gasteiger charge is 2.20. The number of carbonyl (C=O) groups excluding carboxylic acids is 3. The van der Waals surface area contributed by atoms with E-state index in [1.54, 1.807) is 24.3 Å². The van der Waals surface area contributed by atoms with Crippen molar-refractivity contribution in [3.8, 4) is 0 Å². The number of carbonyl (C=O) groups is 3. The van der Waals surface area contributed by atoms with Gasteiger partial charge in [0.1, 0.15) is 0 Å². The predicted molar refractivity (Wildman–Crippen MR) is 104 cm³/mol. The molecular formula is C21H22ClNO4. The molecule has 0 spiro atoms. The maximum Gasteiger partial charge on any atom is 0.307 e. The van der Waals surface area contributed by atoms with E-state index in [2.05, 4.69) is 5.32 Å². The van der Waals surface area contributed by atoms with Crippen LogP contribution >= 0.6 is 11.6 Å². The van der Waals surface area contributed by atoms with Crippen LogP contribution in [-0.2, 0) is 14.3 Å². The molecule has 5 nitrogen and oxygen atoms in total. The molecule has 2 atom stereocenters. The topological polar surface area (TPSA) is 72.5 Å². The fourth-order valence-electron chi connectivity index (χ4n) is 2.46. The Hall–Kier alpha value is -2.66. The maximum absolute atomic E-state index is 12.2. The first-order valence-corrected chi connectivity index (χ1v) is 9.08. The monoisotopic (exact) mass is 387 g/mol. The van der Waals surface area contributed by atoms with Crippen LogP contribution in [0.25, 0.3) is 0 Å². The van der Waals surface area contributed by atoms with Gasteiger partial charge in [0, 0.05) is 17.0 Å². The van der Waals surface area contributed by atoms with Crippen LogP contribution in [0.1, 0.15) is 48.7 Å². The van der Waals surface area contributed by atoms with Crippen molar-refractivity contribution in [2.75, 3.05) is 0 Å². The van der Waals surface area contributed by atoms with E-state index in [9.17, 15) is 14.4 Å². The Morgan fingerprint density at radius 1 is 0.963 bits per heavy atom. The van der Waals surface area contributed by atoms with Crippen molar-refractivity contribution < 1.29 is 19.1 Å². The molecule has 142 valence electrons. The smallest absolute Gasteiger partial charge is 0.307 e. The zero-order valence-corrected chi connectivity index (χ0v) is 16.0. The highest BCUT2D eigenvalue weighted by atomic mass is 35.5. The second kappa shape index (κ2) is 9.88. The molecular weight excluding hydrogens is 366 g/mol. The van der Waals surface area contributed by atoms with E-state index in [1.807, 2.05) is 37.3 Å². The van der Waals surface area contributed by atoms with Gasteiger partial charge in [0.25, 0.3) is 5.91 Å². The lowest BCUT2D eigenvalue weighted by Gasteiger charge is -2.18. The van der Waals surface area contributed by atoms with Gasteiger partial charge in [-0.25, -0.2) is 0 Å². The molecule has 0 saturated carbocycles. The van der Waals surface area contributed by atoms with Crippen LogP contribution in [0.4, 0.5) is 0 Å². The molecule has 27 heavy (non-hydrogen) atoms. The van der Waals surface area contributed by atoms with E-state index < -0.39 is 12.1 Å². The molecule has 0 aromatic heterocycles. The molecule has 0 radical (unpaired) electrons. The third kappa shape index (κ3) is 6.53. The summed E-state index contributed by atoms with van der Waals surface area (Å²) in [5.41, 5.74) is 1.44. The zero-order valence-electron chi connectivity index (χ0n) is 15.3. The minimum absolute atomic E-state index is 0.00915. The zero-order chi connectivity index (χ0) is 19.8. The first-order chi connectivity index (χ1) is 12.9. The number of halogens is 1. The number of nitrogens with one attached hydrogen (secondary N) is 1. The number of ketones is 1. The Bertz CT molecular complexity index is 790. The quantitative estimate of drug-likeness (QED) is 0.546. The highest BCUT2D eigenvalue weighted by molar-refractivity contribution is 6.30. The van der Waals surface area contributed by atoms with Crippen molar-refractivity contribution in [3.63, 3.8) is 0 Å². The highest BCUT2D eigenvalue weighted by Crippen LogP contribution is 2.13. The Balaban J connectivity index is 1.78. The van der Waals surface area contributed by atoms with E-state index in [0.29, 0.717) is 10.6 Å². The second-order valence-electron chi connectivity index (χ2n) is 6.20. The third-order valence-electron chi connectivity index (χ3n) is 4.06. The summed E-state index contributed by atoms with van der Waals surface area (Å²) >= 11 is 5.78. The van der Waals surface area contributed by atoms with Crippen molar-refractivity contribution in [1.29, 1.82) is 0 Å². The lowest BCUT2D eigenvalue weighted by molar-refractivity contribution is -0.155. The Morgan fingerprint density at radius 2 is 1.59 bits per heavy atom. The van der Waals surface area contributed by atoms with Gasteiger partial charge in [0.2, 0.25) is 0 Å². The number of benzene rings is 2. The van der Waals surface area contributed by atoms with Gasteiger partial charge in [-0.2, -0.15) is 0 Å². The van der Waals surface area contributed by atoms with Crippen LogP contribution in [0.3, 0.4) is 0 Å². The van der Waals surface area contributed by atoms with Crippen LogP contribution in [0.15, 0.2) is 54.6 Å².